The van der Waals surface area contributed by atoms with Crippen LogP contribution in [0.1, 0.15) is 11.1 Å². The molecule has 0 fully saturated rings. The van der Waals surface area contributed by atoms with E-state index in [1.165, 1.54) is 4.31 Å². The van der Waals surface area contributed by atoms with Crippen LogP contribution in [0.15, 0.2) is 40.0 Å². The molecule has 2 rings (SSSR count). The molecule has 7 heteroatoms. The topological polar surface area (TPSA) is 55.2 Å². The van der Waals surface area contributed by atoms with Gasteiger partial charge in [-0.25, -0.2) is 8.42 Å². The molecule has 0 aliphatic carbocycles. The van der Waals surface area contributed by atoms with Crippen LogP contribution in [0.2, 0.25) is 0 Å². The lowest BCUT2D eigenvalue weighted by molar-refractivity contribution is 0.466. The minimum absolute atomic E-state index is 0.296. The first-order valence-corrected chi connectivity index (χ1v) is 8.24. The van der Waals surface area contributed by atoms with Gasteiger partial charge in [-0.1, -0.05) is 15.9 Å². The maximum atomic E-state index is 12.5. The van der Waals surface area contributed by atoms with Gasteiger partial charge in [0.1, 0.15) is 0 Å². The van der Waals surface area contributed by atoms with Crippen molar-refractivity contribution in [2.75, 3.05) is 7.05 Å². The van der Waals surface area contributed by atoms with Crippen LogP contribution in [-0.4, -0.2) is 29.6 Å². The van der Waals surface area contributed by atoms with E-state index >= 15 is 0 Å². The van der Waals surface area contributed by atoms with E-state index in [-0.39, 0.29) is 0 Å². The highest BCUT2D eigenvalue weighted by Gasteiger charge is 2.21. The summed E-state index contributed by atoms with van der Waals surface area (Å²) in [5.74, 6) is 0. The Balaban J connectivity index is 2.27. The molecular formula is C13H16BrN3O2S. The highest BCUT2D eigenvalue weighted by Crippen LogP contribution is 2.22. The highest BCUT2D eigenvalue weighted by atomic mass is 79.9. The van der Waals surface area contributed by atoms with Gasteiger partial charge in [0.15, 0.2) is 0 Å². The van der Waals surface area contributed by atoms with Crippen LogP contribution in [0.3, 0.4) is 0 Å². The smallest absolute Gasteiger partial charge is 0.243 e. The van der Waals surface area contributed by atoms with Gasteiger partial charge in [0.05, 0.1) is 11.1 Å². The third-order valence-corrected chi connectivity index (χ3v) is 5.69. The predicted octanol–water partition coefficient (Wildman–Crippen LogP) is 2.31. The van der Waals surface area contributed by atoms with Gasteiger partial charge >= 0.3 is 0 Å². The lowest BCUT2D eigenvalue weighted by Gasteiger charge is -2.17. The molecule has 1 aromatic heterocycles. The summed E-state index contributed by atoms with van der Waals surface area (Å²) >= 11 is 3.37. The molecule has 0 aliphatic heterocycles. The van der Waals surface area contributed by atoms with E-state index in [1.54, 1.807) is 49.4 Å². The third kappa shape index (κ3) is 3.11. The van der Waals surface area contributed by atoms with E-state index in [4.69, 9.17) is 0 Å². The number of aryl methyl sites for hydroxylation is 2. The number of nitrogens with zero attached hydrogens (tertiary/aromatic N) is 3. The maximum absolute atomic E-state index is 12.5. The first-order valence-electron chi connectivity index (χ1n) is 6.01. The van der Waals surface area contributed by atoms with Crippen molar-refractivity contribution in [3.63, 3.8) is 0 Å². The zero-order valence-electron chi connectivity index (χ0n) is 11.5. The van der Waals surface area contributed by atoms with Gasteiger partial charge in [-0.05, 0) is 30.7 Å². The number of rotatable bonds is 4. The number of hydrogen-bond donors (Lipinski definition) is 0. The molecule has 0 amide bonds. The second-order valence-electron chi connectivity index (χ2n) is 4.69. The first kappa shape index (κ1) is 15.2. The highest BCUT2D eigenvalue weighted by molar-refractivity contribution is 9.10. The molecule has 2 aromatic rings. The quantitative estimate of drug-likeness (QED) is 0.843. The fourth-order valence-corrected chi connectivity index (χ4v) is 3.34. The van der Waals surface area contributed by atoms with Crippen molar-refractivity contribution in [3.05, 3.63) is 46.2 Å². The molecule has 0 saturated carbocycles. The molecule has 108 valence electrons. The summed E-state index contributed by atoms with van der Waals surface area (Å²) < 4.78 is 28.9. The van der Waals surface area contributed by atoms with Gasteiger partial charge in [-0.2, -0.15) is 9.40 Å². The average Bonchev–Trinajstić information content (AvgIpc) is 2.78. The predicted molar refractivity (Wildman–Crippen MR) is 80.7 cm³/mol. The number of hydrogen-bond acceptors (Lipinski definition) is 3. The molecular weight excluding hydrogens is 342 g/mol. The second-order valence-corrected chi connectivity index (χ2v) is 7.59. The van der Waals surface area contributed by atoms with Crippen molar-refractivity contribution in [1.82, 2.24) is 14.1 Å². The summed E-state index contributed by atoms with van der Waals surface area (Å²) in [4.78, 5) is 0.296. The molecule has 0 unspecified atom stereocenters. The van der Waals surface area contributed by atoms with Gasteiger partial charge in [0, 0.05) is 36.9 Å². The Morgan fingerprint density at radius 3 is 2.65 bits per heavy atom. The first-order chi connectivity index (χ1) is 9.30. The van der Waals surface area contributed by atoms with Crippen molar-refractivity contribution < 1.29 is 8.42 Å². The molecule has 0 N–H and O–H groups in total. The summed E-state index contributed by atoms with van der Waals surface area (Å²) in [6.07, 6.45) is 3.47. The van der Waals surface area contributed by atoms with Crippen molar-refractivity contribution in [1.29, 1.82) is 0 Å². The van der Waals surface area contributed by atoms with Crippen LogP contribution in [-0.2, 0) is 23.6 Å². The van der Waals surface area contributed by atoms with Crippen LogP contribution in [0.5, 0.6) is 0 Å². The van der Waals surface area contributed by atoms with Crippen LogP contribution >= 0.6 is 15.9 Å². The minimum Gasteiger partial charge on any atom is -0.275 e. The zero-order valence-corrected chi connectivity index (χ0v) is 13.9. The summed E-state index contributed by atoms with van der Waals surface area (Å²) in [6, 6.07) is 5.02. The molecule has 20 heavy (non-hydrogen) atoms. The number of aromatic nitrogens is 2. The fourth-order valence-electron chi connectivity index (χ4n) is 1.85. The molecule has 0 aliphatic rings. The Labute approximate surface area is 127 Å². The van der Waals surface area contributed by atoms with Gasteiger partial charge in [0.25, 0.3) is 0 Å². The van der Waals surface area contributed by atoms with Crippen molar-refractivity contribution in [3.8, 4) is 0 Å². The van der Waals surface area contributed by atoms with Crippen molar-refractivity contribution in [2.24, 2.45) is 7.05 Å². The summed E-state index contributed by atoms with van der Waals surface area (Å²) in [6.45, 7) is 2.16. The molecule has 0 spiro atoms. The average molecular weight is 358 g/mol. The largest absolute Gasteiger partial charge is 0.275 e. The van der Waals surface area contributed by atoms with Crippen LogP contribution in [0.4, 0.5) is 0 Å². The SMILES string of the molecule is Cc1cc(S(=O)(=O)N(C)Cc2cnn(C)c2)ccc1Br. The van der Waals surface area contributed by atoms with E-state index in [1.807, 2.05) is 6.92 Å². The van der Waals surface area contributed by atoms with E-state index in [9.17, 15) is 8.42 Å². The Hall–Kier alpha value is -1.18. The standard InChI is InChI=1S/C13H16BrN3O2S/c1-10-6-12(4-5-13(10)14)20(18,19)17(3)9-11-7-15-16(2)8-11/h4-8H,9H2,1-3H3. The normalized spacial score (nSPS) is 12.1. The van der Waals surface area contributed by atoms with E-state index in [2.05, 4.69) is 21.0 Å². The lowest BCUT2D eigenvalue weighted by atomic mass is 10.2. The summed E-state index contributed by atoms with van der Waals surface area (Å²) in [5.41, 5.74) is 1.74. The number of sulfonamides is 1. The maximum Gasteiger partial charge on any atom is 0.243 e. The monoisotopic (exact) mass is 357 g/mol. The Bertz CT molecular complexity index is 725. The minimum atomic E-state index is -3.49. The third-order valence-electron chi connectivity index (χ3n) is 3.00. The summed E-state index contributed by atoms with van der Waals surface area (Å²) in [7, 11) is -0.121. The van der Waals surface area contributed by atoms with E-state index < -0.39 is 10.0 Å². The second kappa shape index (κ2) is 5.67. The molecule has 1 aromatic carbocycles. The van der Waals surface area contributed by atoms with Gasteiger partial charge in [-0.15, -0.1) is 0 Å². The number of benzene rings is 1. The molecule has 5 nitrogen and oxygen atoms in total. The van der Waals surface area contributed by atoms with Gasteiger partial charge in [0.2, 0.25) is 10.0 Å². The van der Waals surface area contributed by atoms with Crippen LogP contribution in [0.25, 0.3) is 0 Å². The molecule has 0 radical (unpaired) electrons. The molecule has 0 bridgehead atoms. The summed E-state index contributed by atoms with van der Waals surface area (Å²) in [5, 5.41) is 4.04. The van der Waals surface area contributed by atoms with E-state index in [0.717, 1.165) is 15.6 Å². The number of halogens is 1. The Morgan fingerprint density at radius 2 is 2.10 bits per heavy atom. The Morgan fingerprint density at radius 1 is 1.40 bits per heavy atom. The Kier molecular flexibility index (Phi) is 4.31. The lowest BCUT2D eigenvalue weighted by Crippen LogP contribution is -2.26. The van der Waals surface area contributed by atoms with E-state index in [0.29, 0.717) is 11.4 Å². The van der Waals surface area contributed by atoms with Gasteiger partial charge in [-0.3, -0.25) is 4.68 Å². The van der Waals surface area contributed by atoms with Crippen molar-refractivity contribution >= 4 is 26.0 Å². The van der Waals surface area contributed by atoms with Crippen LogP contribution < -0.4 is 0 Å². The fraction of sp³-hybridized carbons (Fsp3) is 0.308. The van der Waals surface area contributed by atoms with Crippen LogP contribution in [0, 0.1) is 6.92 Å². The van der Waals surface area contributed by atoms with Crippen molar-refractivity contribution in [2.45, 2.75) is 18.4 Å². The van der Waals surface area contributed by atoms with Gasteiger partial charge < -0.3 is 0 Å². The molecule has 1 heterocycles. The zero-order chi connectivity index (χ0) is 14.9. The molecule has 0 saturated heterocycles. The molecule has 0 atom stereocenters.